The summed E-state index contributed by atoms with van der Waals surface area (Å²) >= 11 is 1.94. The molecule has 38 heavy (non-hydrogen) atoms. The highest BCUT2D eigenvalue weighted by molar-refractivity contribution is 7.98. The van der Waals surface area contributed by atoms with Crippen LogP contribution in [-0.4, -0.2) is 53.2 Å². The van der Waals surface area contributed by atoms with Crippen molar-refractivity contribution >= 4 is 22.5 Å². The van der Waals surface area contributed by atoms with Gasteiger partial charge in [0.25, 0.3) is 0 Å². The summed E-state index contributed by atoms with van der Waals surface area (Å²) in [6.45, 7) is 6.63. The van der Waals surface area contributed by atoms with Gasteiger partial charge < -0.3 is 9.80 Å². The Balaban J connectivity index is 1.22. The van der Waals surface area contributed by atoms with Gasteiger partial charge in [0.2, 0.25) is 0 Å². The van der Waals surface area contributed by atoms with Crippen LogP contribution >= 0.6 is 11.8 Å². The first-order chi connectivity index (χ1) is 18.8. The summed E-state index contributed by atoms with van der Waals surface area (Å²) in [5, 5.41) is 21.9. The van der Waals surface area contributed by atoms with E-state index < -0.39 is 0 Å². The van der Waals surface area contributed by atoms with Crippen molar-refractivity contribution in [2.24, 2.45) is 0 Å². The third-order valence-corrected chi connectivity index (χ3v) is 8.64. The number of benzene rings is 3. The highest BCUT2D eigenvalue weighted by Crippen LogP contribution is 2.28. The summed E-state index contributed by atoms with van der Waals surface area (Å²) in [7, 11) is 0. The Morgan fingerprint density at radius 2 is 1.39 bits per heavy atom. The van der Waals surface area contributed by atoms with Gasteiger partial charge in [0, 0.05) is 44.2 Å². The van der Waals surface area contributed by atoms with E-state index in [0.29, 0.717) is 6.54 Å². The molecule has 0 atom stereocenters. The second-order valence-corrected chi connectivity index (χ2v) is 11.2. The second-order valence-electron chi connectivity index (χ2n) is 10.1. The van der Waals surface area contributed by atoms with Gasteiger partial charge >= 0.3 is 0 Å². The Bertz CT molecular complexity index is 1340. The molecule has 0 bridgehead atoms. The van der Waals surface area contributed by atoms with Crippen LogP contribution < -0.4 is 0 Å². The maximum absolute atomic E-state index is 9.75. The summed E-state index contributed by atoms with van der Waals surface area (Å²) < 4.78 is 0. The molecule has 2 heterocycles. The van der Waals surface area contributed by atoms with Crippen molar-refractivity contribution in [3.05, 3.63) is 94.8 Å². The molecular formula is C32H35N5S. The van der Waals surface area contributed by atoms with Crippen LogP contribution in [0.25, 0.3) is 10.8 Å². The molecule has 0 saturated carbocycles. The monoisotopic (exact) mass is 521 g/mol. The molecule has 0 spiro atoms. The number of rotatable bonds is 9. The zero-order valence-corrected chi connectivity index (χ0v) is 22.8. The van der Waals surface area contributed by atoms with Gasteiger partial charge in [-0.25, -0.2) is 0 Å². The minimum Gasteiger partial charge on any atom is -0.354 e. The topological polar surface area (TPSA) is 57.3 Å². The molecule has 0 aliphatic carbocycles. The summed E-state index contributed by atoms with van der Waals surface area (Å²) in [6.07, 6.45) is 3.99. The predicted octanol–water partition coefficient (Wildman–Crippen LogP) is 6.14. The molecule has 6 heteroatoms. The van der Waals surface area contributed by atoms with E-state index in [1.165, 1.54) is 59.8 Å². The Hall–Kier alpha value is -3.45. The Kier molecular flexibility index (Phi) is 8.86. The lowest BCUT2D eigenvalue weighted by molar-refractivity contribution is 0.220. The fourth-order valence-corrected chi connectivity index (χ4v) is 6.67. The number of nitriles is 2. The molecule has 194 valence electrons. The molecule has 5 nitrogen and oxygen atoms in total. The van der Waals surface area contributed by atoms with Crippen molar-refractivity contribution in [2.75, 3.05) is 38.5 Å². The maximum atomic E-state index is 9.75. The van der Waals surface area contributed by atoms with Crippen molar-refractivity contribution in [2.45, 2.75) is 38.1 Å². The van der Waals surface area contributed by atoms with E-state index in [-0.39, 0.29) is 5.57 Å². The Morgan fingerprint density at radius 3 is 2.21 bits per heavy atom. The zero-order chi connectivity index (χ0) is 26.2. The lowest BCUT2D eigenvalue weighted by Gasteiger charge is -2.27. The zero-order valence-electron chi connectivity index (χ0n) is 22.0. The average Bonchev–Trinajstić information content (AvgIpc) is 3.35. The second kappa shape index (κ2) is 12.9. The average molecular weight is 522 g/mol. The van der Waals surface area contributed by atoms with Crippen LogP contribution in [0.3, 0.4) is 0 Å². The predicted molar refractivity (Wildman–Crippen MR) is 156 cm³/mol. The lowest BCUT2D eigenvalue weighted by Crippen LogP contribution is -2.29. The number of thioether (sulfide) groups is 1. The number of fused-ring (bicyclic) bond motifs is 1. The number of allylic oxidation sites excluding steroid dienone is 1. The van der Waals surface area contributed by atoms with Gasteiger partial charge in [0.15, 0.2) is 5.57 Å². The molecule has 0 aromatic heterocycles. The summed E-state index contributed by atoms with van der Waals surface area (Å²) in [6, 6.07) is 27.9. The standard InChI is InChI=1S/C32H35N5S/c33-21-30(22-34)32-36(17-18-37(32)24-28-13-8-12-26-9-4-5-14-31(26)28)19-20-38-25-29-11-3-2-10-27(29)23-35-15-6-1-7-16-35/h2-5,8-14H,1,6-7,15-20,23-25H2. The van der Waals surface area contributed by atoms with Crippen LogP contribution in [0.2, 0.25) is 0 Å². The quantitative estimate of drug-likeness (QED) is 0.249. The number of piperidine rings is 1. The van der Waals surface area contributed by atoms with E-state index in [1.54, 1.807) is 0 Å². The highest BCUT2D eigenvalue weighted by atomic mass is 32.2. The number of hydrogen-bond donors (Lipinski definition) is 0. The van der Waals surface area contributed by atoms with Crippen LogP contribution in [0.4, 0.5) is 0 Å². The van der Waals surface area contributed by atoms with E-state index >= 15 is 0 Å². The van der Waals surface area contributed by atoms with Gasteiger partial charge in [0.1, 0.15) is 18.0 Å². The lowest BCUT2D eigenvalue weighted by atomic mass is 10.0. The molecule has 3 aromatic rings. The minimum atomic E-state index is 0.208. The first-order valence-corrected chi connectivity index (χ1v) is 14.8. The van der Waals surface area contributed by atoms with Crippen molar-refractivity contribution < 1.29 is 0 Å². The van der Waals surface area contributed by atoms with E-state index in [9.17, 15) is 10.5 Å². The van der Waals surface area contributed by atoms with Crippen LogP contribution in [-0.2, 0) is 18.8 Å². The van der Waals surface area contributed by atoms with E-state index in [1.807, 2.05) is 11.8 Å². The van der Waals surface area contributed by atoms with Gasteiger partial charge in [-0.3, -0.25) is 4.90 Å². The molecule has 2 aliphatic heterocycles. The summed E-state index contributed by atoms with van der Waals surface area (Å²) in [5.74, 6) is 2.72. The molecule has 2 saturated heterocycles. The molecule has 5 rings (SSSR count). The third kappa shape index (κ3) is 6.16. The van der Waals surface area contributed by atoms with Crippen LogP contribution in [0.15, 0.2) is 78.1 Å². The van der Waals surface area contributed by atoms with Gasteiger partial charge in [-0.1, -0.05) is 73.2 Å². The molecule has 0 N–H and O–H groups in total. The normalized spacial score (nSPS) is 16.0. The first-order valence-electron chi connectivity index (χ1n) is 13.6. The van der Waals surface area contributed by atoms with Crippen molar-refractivity contribution in [1.82, 2.24) is 14.7 Å². The minimum absolute atomic E-state index is 0.208. The van der Waals surface area contributed by atoms with Crippen molar-refractivity contribution in [1.29, 1.82) is 10.5 Å². The van der Waals surface area contributed by atoms with Crippen molar-refractivity contribution in [3.8, 4) is 12.1 Å². The number of hydrogen-bond acceptors (Lipinski definition) is 6. The maximum Gasteiger partial charge on any atom is 0.169 e. The Morgan fingerprint density at radius 1 is 0.711 bits per heavy atom. The van der Waals surface area contributed by atoms with Crippen molar-refractivity contribution in [3.63, 3.8) is 0 Å². The SMILES string of the molecule is N#CC(C#N)=C1N(CCSCc2ccccc2CN2CCCCC2)CCN1Cc1cccc2ccccc12. The van der Waals surface area contributed by atoms with Crippen LogP contribution in [0, 0.1) is 22.7 Å². The summed E-state index contributed by atoms with van der Waals surface area (Å²) in [5.41, 5.74) is 4.30. The van der Waals surface area contributed by atoms with E-state index in [2.05, 4.69) is 93.6 Å². The van der Waals surface area contributed by atoms with Crippen LogP contribution in [0.5, 0.6) is 0 Å². The number of nitrogens with zero attached hydrogens (tertiary/aromatic N) is 5. The molecule has 2 fully saturated rings. The van der Waals surface area contributed by atoms with E-state index in [4.69, 9.17) is 0 Å². The van der Waals surface area contributed by atoms with Gasteiger partial charge in [-0.05, 0) is 53.4 Å². The molecule has 0 amide bonds. The molecule has 3 aromatic carbocycles. The Labute approximate surface area is 230 Å². The summed E-state index contributed by atoms with van der Waals surface area (Å²) in [4.78, 5) is 7.03. The van der Waals surface area contributed by atoms with Gasteiger partial charge in [0.05, 0.1) is 0 Å². The van der Waals surface area contributed by atoms with Crippen LogP contribution in [0.1, 0.15) is 36.0 Å². The molecule has 2 aliphatic rings. The molecule has 0 unspecified atom stereocenters. The highest BCUT2D eigenvalue weighted by Gasteiger charge is 2.28. The smallest absolute Gasteiger partial charge is 0.169 e. The first kappa shape index (κ1) is 26.2. The van der Waals surface area contributed by atoms with Gasteiger partial charge in [-0.15, -0.1) is 0 Å². The number of likely N-dealkylation sites (tertiary alicyclic amines) is 1. The molecular weight excluding hydrogens is 486 g/mol. The van der Waals surface area contributed by atoms with Gasteiger partial charge in [-0.2, -0.15) is 22.3 Å². The van der Waals surface area contributed by atoms with E-state index in [0.717, 1.165) is 43.5 Å². The third-order valence-electron chi connectivity index (χ3n) is 7.65. The fraction of sp³-hybridized carbons (Fsp3) is 0.375. The fourth-order valence-electron chi connectivity index (χ4n) is 5.67. The molecule has 0 radical (unpaired) electrons. The largest absolute Gasteiger partial charge is 0.354 e.